The second-order valence-corrected chi connectivity index (χ2v) is 10.4. The Balaban J connectivity index is 1.97. The number of carbonyl (C=O) groups excluding carboxylic acids is 2. The molecular weight excluding hydrogens is 597 g/mol. The lowest BCUT2D eigenvalue weighted by Gasteiger charge is -2.38. The normalized spacial score (nSPS) is 17.5. The van der Waals surface area contributed by atoms with E-state index in [-0.39, 0.29) is 29.6 Å². The van der Waals surface area contributed by atoms with Crippen molar-refractivity contribution in [1.29, 1.82) is 0 Å². The van der Waals surface area contributed by atoms with E-state index in [1.165, 1.54) is 6.92 Å². The number of halogens is 7. The molecule has 2 atom stereocenters. The summed E-state index contributed by atoms with van der Waals surface area (Å²) in [5, 5.41) is 2.55. The summed E-state index contributed by atoms with van der Waals surface area (Å²) < 4.78 is 110. The molecule has 0 unspecified atom stereocenters. The number of hydrogen-bond donors (Lipinski definition) is 1. The number of likely N-dealkylation sites (tertiary alicyclic amines) is 1. The average Bonchev–Trinajstić information content (AvgIpc) is 3.28. The minimum Gasteiger partial charge on any atom is -0.494 e. The standard InChI is InChI=1S/C31H27F7N2O4/c1-18(2)44-28(42)40-17-29(34,35)16-25(40)27(41)39-30(15-19-7-5-4-6-8-19,20-9-10-24(33)26(14-20)43-3)21-11-22(31(36,37)38)13-23(32)12-21/h4-14,25H,1,15-17H2,2-3H3,(H,39,41)/t25-,30+/m0/s1. The molecule has 44 heavy (non-hydrogen) atoms. The third kappa shape index (κ3) is 6.98. The summed E-state index contributed by atoms with van der Waals surface area (Å²) in [6.07, 6.45) is -7.81. The Hall–Kier alpha value is -4.55. The van der Waals surface area contributed by atoms with Gasteiger partial charge in [0, 0.05) is 12.8 Å². The molecule has 0 bridgehead atoms. The Bertz CT molecular complexity index is 1560. The second-order valence-electron chi connectivity index (χ2n) is 10.4. The predicted octanol–water partition coefficient (Wildman–Crippen LogP) is 6.97. The van der Waals surface area contributed by atoms with Crippen molar-refractivity contribution in [1.82, 2.24) is 10.2 Å². The van der Waals surface area contributed by atoms with Crippen LogP contribution in [0.5, 0.6) is 5.75 Å². The summed E-state index contributed by atoms with van der Waals surface area (Å²) in [5.41, 5.74) is -3.61. The molecule has 0 aromatic heterocycles. The van der Waals surface area contributed by atoms with Crippen molar-refractivity contribution in [3.8, 4) is 5.75 Å². The SMILES string of the molecule is C=C(C)OC(=O)N1CC(F)(F)C[C@H]1C(=O)N[C@@](Cc1ccccc1)(c1cc(F)cc(C(F)(F)F)c1)c1ccc(F)c(OC)c1. The van der Waals surface area contributed by atoms with Crippen LogP contribution in [0.1, 0.15) is 35.6 Å². The van der Waals surface area contributed by atoms with Crippen LogP contribution >= 0.6 is 0 Å². The molecule has 1 saturated heterocycles. The summed E-state index contributed by atoms with van der Waals surface area (Å²) in [7, 11) is 1.13. The van der Waals surface area contributed by atoms with Crippen molar-refractivity contribution in [3.05, 3.63) is 113 Å². The number of rotatable bonds is 8. The Morgan fingerprint density at radius 3 is 2.27 bits per heavy atom. The van der Waals surface area contributed by atoms with Crippen LogP contribution in [0, 0.1) is 11.6 Å². The molecule has 0 spiro atoms. The number of carbonyl (C=O) groups is 2. The van der Waals surface area contributed by atoms with Gasteiger partial charge in [0.1, 0.15) is 11.9 Å². The van der Waals surface area contributed by atoms with Crippen LogP contribution in [0.3, 0.4) is 0 Å². The van der Waals surface area contributed by atoms with Crippen molar-refractivity contribution in [3.63, 3.8) is 0 Å². The van der Waals surface area contributed by atoms with Gasteiger partial charge in [-0.1, -0.05) is 43.0 Å². The quantitative estimate of drug-likeness (QED) is 0.217. The van der Waals surface area contributed by atoms with Crippen LogP contribution in [0.2, 0.25) is 0 Å². The molecular formula is C31H27F7N2O4. The number of benzene rings is 3. The summed E-state index contributed by atoms with van der Waals surface area (Å²) in [6.45, 7) is 3.49. The number of nitrogens with zero attached hydrogens (tertiary/aromatic N) is 1. The van der Waals surface area contributed by atoms with Gasteiger partial charge in [-0.3, -0.25) is 9.69 Å². The number of hydrogen-bond acceptors (Lipinski definition) is 4. The Morgan fingerprint density at radius 1 is 1.00 bits per heavy atom. The molecule has 1 heterocycles. The molecule has 0 radical (unpaired) electrons. The average molecular weight is 625 g/mol. The molecule has 13 heteroatoms. The third-order valence-corrected chi connectivity index (χ3v) is 7.08. The lowest BCUT2D eigenvalue weighted by Crippen LogP contribution is -2.55. The van der Waals surface area contributed by atoms with Crippen molar-refractivity contribution in [2.24, 2.45) is 0 Å². The highest BCUT2D eigenvalue weighted by atomic mass is 19.4. The highest BCUT2D eigenvalue weighted by Gasteiger charge is 2.52. The molecule has 2 amide bonds. The lowest BCUT2D eigenvalue weighted by atomic mass is 9.77. The molecule has 6 nitrogen and oxygen atoms in total. The van der Waals surface area contributed by atoms with Crippen LogP contribution in [0.25, 0.3) is 0 Å². The molecule has 1 aliphatic rings. The molecule has 1 fully saturated rings. The minimum absolute atomic E-state index is 0.0625. The predicted molar refractivity (Wildman–Crippen MR) is 145 cm³/mol. The zero-order valence-corrected chi connectivity index (χ0v) is 23.5. The van der Waals surface area contributed by atoms with E-state index in [0.717, 1.165) is 31.4 Å². The first-order valence-electron chi connectivity index (χ1n) is 13.1. The van der Waals surface area contributed by atoms with Crippen LogP contribution in [-0.2, 0) is 27.7 Å². The molecule has 4 rings (SSSR count). The highest BCUT2D eigenvalue weighted by Crippen LogP contribution is 2.41. The molecule has 3 aromatic rings. The monoisotopic (exact) mass is 624 g/mol. The number of allylic oxidation sites excluding steroid dienone is 1. The van der Waals surface area contributed by atoms with Crippen molar-refractivity contribution < 1.29 is 49.8 Å². The summed E-state index contributed by atoms with van der Waals surface area (Å²) in [6, 6.07) is 11.0. The Kier molecular flexibility index (Phi) is 8.98. The van der Waals surface area contributed by atoms with Gasteiger partial charge in [-0.25, -0.2) is 22.4 Å². The number of amides is 2. The van der Waals surface area contributed by atoms with E-state index >= 15 is 0 Å². The van der Waals surface area contributed by atoms with Crippen molar-refractivity contribution >= 4 is 12.0 Å². The zero-order valence-electron chi connectivity index (χ0n) is 23.5. The topological polar surface area (TPSA) is 67.9 Å². The van der Waals surface area contributed by atoms with E-state index in [4.69, 9.17) is 9.47 Å². The molecule has 3 aromatic carbocycles. The number of methoxy groups -OCH3 is 1. The molecule has 0 aliphatic carbocycles. The summed E-state index contributed by atoms with van der Waals surface area (Å²) >= 11 is 0. The van der Waals surface area contributed by atoms with Gasteiger partial charge in [0.15, 0.2) is 11.6 Å². The fourth-order valence-electron chi connectivity index (χ4n) is 5.13. The van der Waals surface area contributed by atoms with E-state index in [1.54, 1.807) is 30.3 Å². The van der Waals surface area contributed by atoms with Gasteiger partial charge in [-0.2, -0.15) is 13.2 Å². The van der Waals surface area contributed by atoms with Gasteiger partial charge in [0.05, 0.1) is 30.5 Å². The molecule has 1 aliphatic heterocycles. The van der Waals surface area contributed by atoms with Gasteiger partial charge < -0.3 is 14.8 Å². The molecule has 0 saturated carbocycles. The first-order chi connectivity index (χ1) is 20.5. The first-order valence-corrected chi connectivity index (χ1v) is 13.1. The van der Waals surface area contributed by atoms with E-state index < -0.39 is 71.4 Å². The summed E-state index contributed by atoms with van der Waals surface area (Å²) in [4.78, 5) is 27.1. The van der Waals surface area contributed by atoms with Gasteiger partial charge in [-0.05, 0) is 53.9 Å². The number of alkyl halides is 5. The number of ether oxygens (including phenoxy) is 2. The maximum Gasteiger partial charge on any atom is 0.416 e. The van der Waals surface area contributed by atoms with E-state index in [9.17, 15) is 40.3 Å². The maximum absolute atomic E-state index is 14.9. The van der Waals surface area contributed by atoms with Crippen LogP contribution < -0.4 is 10.1 Å². The smallest absolute Gasteiger partial charge is 0.416 e. The zero-order chi connectivity index (χ0) is 32.4. The Labute approximate surface area is 248 Å². The van der Waals surface area contributed by atoms with Crippen molar-refractivity contribution in [2.75, 3.05) is 13.7 Å². The fourth-order valence-corrected chi connectivity index (χ4v) is 5.13. The minimum atomic E-state index is -5.02. The maximum atomic E-state index is 14.9. The molecule has 234 valence electrons. The van der Waals surface area contributed by atoms with Crippen molar-refractivity contribution in [2.45, 2.75) is 43.4 Å². The first kappa shape index (κ1) is 32.4. The molecule has 1 N–H and O–H groups in total. The number of nitrogens with one attached hydrogen (secondary N) is 1. The summed E-state index contributed by atoms with van der Waals surface area (Å²) in [5.74, 6) is -7.40. The lowest BCUT2D eigenvalue weighted by molar-refractivity contribution is -0.137. The van der Waals surface area contributed by atoms with E-state index in [1.807, 2.05) is 0 Å². The third-order valence-electron chi connectivity index (χ3n) is 7.08. The van der Waals surface area contributed by atoms with Gasteiger partial charge >= 0.3 is 12.3 Å². The highest BCUT2D eigenvalue weighted by molar-refractivity contribution is 5.88. The van der Waals surface area contributed by atoms with Gasteiger partial charge in [-0.15, -0.1) is 0 Å². The second kappa shape index (κ2) is 12.2. The van der Waals surface area contributed by atoms with Gasteiger partial charge in [0.2, 0.25) is 5.91 Å². The van der Waals surface area contributed by atoms with E-state index in [2.05, 4.69) is 11.9 Å². The largest absolute Gasteiger partial charge is 0.494 e. The Morgan fingerprint density at radius 2 is 1.66 bits per heavy atom. The van der Waals surface area contributed by atoms with Crippen LogP contribution in [0.4, 0.5) is 35.5 Å². The van der Waals surface area contributed by atoms with Crippen LogP contribution in [0.15, 0.2) is 79.1 Å². The fraction of sp³-hybridized carbons (Fsp3) is 0.290. The van der Waals surface area contributed by atoms with Gasteiger partial charge in [0.25, 0.3) is 5.92 Å². The van der Waals surface area contributed by atoms with Crippen LogP contribution in [-0.4, -0.2) is 42.5 Å². The van der Waals surface area contributed by atoms with E-state index in [0.29, 0.717) is 16.5 Å².